The van der Waals surface area contributed by atoms with Crippen LogP contribution in [0.5, 0.6) is 0 Å². The Morgan fingerprint density at radius 1 is 1.30 bits per heavy atom. The normalized spacial score (nSPS) is 22.2. The minimum atomic E-state index is 0.521. The van der Waals surface area contributed by atoms with E-state index >= 15 is 0 Å². The first-order valence-corrected chi connectivity index (χ1v) is 9.51. The number of nitriles is 1. The fourth-order valence-corrected chi connectivity index (χ4v) is 4.23. The molecule has 0 radical (unpaired) electrons. The Kier molecular flexibility index (Phi) is 6.12. The van der Waals surface area contributed by atoms with Crippen molar-refractivity contribution in [3.05, 3.63) is 23.8 Å². The van der Waals surface area contributed by atoms with E-state index in [1.807, 2.05) is 23.9 Å². The molecule has 4 heteroatoms. The van der Waals surface area contributed by atoms with Crippen LogP contribution in [0.3, 0.4) is 0 Å². The number of rotatable bonds is 5. The van der Waals surface area contributed by atoms with Gasteiger partial charge in [0.05, 0.1) is 11.3 Å². The molecule has 0 bridgehead atoms. The van der Waals surface area contributed by atoms with E-state index in [4.69, 9.17) is 0 Å². The van der Waals surface area contributed by atoms with E-state index in [9.17, 15) is 5.26 Å². The topological polar surface area (TPSA) is 35.8 Å². The lowest BCUT2D eigenvalue weighted by atomic mass is 9.94. The van der Waals surface area contributed by atoms with Gasteiger partial charge in [-0.1, -0.05) is 13.0 Å². The second-order valence-corrected chi connectivity index (χ2v) is 7.52. The Bertz CT molecular complexity index is 474. The molecule has 2 rings (SSSR count). The van der Waals surface area contributed by atoms with E-state index in [-0.39, 0.29) is 0 Å². The zero-order valence-electron chi connectivity index (χ0n) is 12.2. The zero-order chi connectivity index (χ0) is 14.4. The monoisotopic (exact) mass is 306 g/mol. The standard InChI is InChI=1S/C16H22N2S2/c1-3-20-16-6-4-5-15(14(16)11-17)18-12-7-9-13(19-2)10-8-12/h4-6,12-13,18H,3,7-10H2,1-2H3. The molecule has 1 aromatic carbocycles. The molecule has 2 nitrogen and oxygen atoms in total. The maximum atomic E-state index is 9.43. The van der Waals surface area contributed by atoms with Gasteiger partial charge in [-0.15, -0.1) is 11.8 Å². The summed E-state index contributed by atoms with van der Waals surface area (Å²) in [7, 11) is 0. The molecule has 0 saturated heterocycles. The van der Waals surface area contributed by atoms with E-state index in [2.05, 4.69) is 30.6 Å². The van der Waals surface area contributed by atoms with Gasteiger partial charge in [0.2, 0.25) is 0 Å². The number of hydrogen-bond donors (Lipinski definition) is 1. The molecule has 0 unspecified atom stereocenters. The van der Waals surface area contributed by atoms with Crippen molar-refractivity contribution < 1.29 is 0 Å². The van der Waals surface area contributed by atoms with Crippen molar-refractivity contribution >= 4 is 29.2 Å². The van der Waals surface area contributed by atoms with Gasteiger partial charge in [-0.2, -0.15) is 17.0 Å². The molecule has 1 saturated carbocycles. The van der Waals surface area contributed by atoms with Crippen molar-refractivity contribution in [3.63, 3.8) is 0 Å². The highest BCUT2D eigenvalue weighted by molar-refractivity contribution is 7.99. The van der Waals surface area contributed by atoms with Crippen molar-refractivity contribution in [3.8, 4) is 6.07 Å². The average Bonchev–Trinajstić information content (AvgIpc) is 2.49. The molecule has 1 N–H and O–H groups in total. The molecule has 1 fully saturated rings. The van der Waals surface area contributed by atoms with E-state index in [1.54, 1.807) is 11.8 Å². The Morgan fingerprint density at radius 2 is 2.05 bits per heavy atom. The summed E-state index contributed by atoms with van der Waals surface area (Å²) in [6, 6.07) is 9.03. The molecule has 0 heterocycles. The summed E-state index contributed by atoms with van der Waals surface area (Å²) in [5.74, 6) is 0.997. The van der Waals surface area contributed by atoms with Gasteiger partial charge in [0.1, 0.15) is 6.07 Å². The van der Waals surface area contributed by atoms with Crippen molar-refractivity contribution in [2.24, 2.45) is 0 Å². The number of thioether (sulfide) groups is 2. The maximum absolute atomic E-state index is 9.43. The highest BCUT2D eigenvalue weighted by Crippen LogP contribution is 2.32. The first-order chi connectivity index (χ1) is 9.78. The molecule has 20 heavy (non-hydrogen) atoms. The Balaban J connectivity index is 2.06. The lowest BCUT2D eigenvalue weighted by molar-refractivity contribution is 0.473. The lowest BCUT2D eigenvalue weighted by Crippen LogP contribution is -2.27. The molecule has 0 amide bonds. The predicted octanol–water partition coefficient (Wildman–Crippen LogP) is 4.76. The second-order valence-electron chi connectivity index (χ2n) is 5.08. The van der Waals surface area contributed by atoms with Gasteiger partial charge in [0, 0.05) is 16.2 Å². The smallest absolute Gasteiger partial charge is 0.102 e. The molecule has 0 spiro atoms. The number of anilines is 1. The summed E-state index contributed by atoms with van der Waals surface area (Å²) >= 11 is 3.73. The molecule has 0 aliphatic heterocycles. The van der Waals surface area contributed by atoms with Crippen LogP contribution in [-0.4, -0.2) is 23.3 Å². The fraction of sp³-hybridized carbons (Fsp3) is 0.562. The minimum absolute atomic E-state index is 0.521. The van der Waals surface area contributed by atoms with Crippen molar-refractivity contribution in [2.45, 2.75) is 48.8 Å². The maximum Gasteiger partial charge on any atom is 0.102 e. The second kappa shape index (κ2) is 7.85. The summed E-state index contributed by atoms with van der Waals surface area (Å²) in [5, 5.41) is 13.9. The predicted molar refractivity (Wildman–Crippen MR) is 90.7 cm³/mol. The van der Waals surface area contributed by atoms with Gasteiger partial charge in [0.15, 0.2) is 0 Å². The summed E-state index contributed by atoms with van der Waals surface area (Å²) in [6.07, 6.45) is 7.19. The highest BCUT2D eigenvalue weighted by Gasteiger charge is 2.21. The zero-order valence-corrected chi connectivity index (χ0v) is 13.8. The van der Waals surface area contributed by atoms with Crippen molar-refractivity contribution in [2.75, 3.05) is 17.3 Å². The summed E-state index contributed by atoms with van der Waals surface area (Å²) in [6.45, 7) is 2.12. The molecular weight excluding hydrogens is 284 g/mol. The van der Waals surface area contributed by atoms with Gasteiger partial charge >= 0.3 is 0 Å². The van der Waals surface area contributed by atoms with E-state index in [0.717, 1.165) is 27.1 Å². The summed E-state index contributed by atoms with van der Waals surface area (Å²) in [4.78, 5) is 1.10. The van der Waals surface area contributed by atoms with Crippen LogP contribution >= 0.6 is 23.5 Å². The van der Waals surface area contributed by atoms with Gasteiger partial charge < -0.3 is 5.32 Å². The van der Waals surface area contributed by atoms with Gasteiger partial charge in [-0.05, 0) is 49.8 Å². The highest BCUT2D eigenvalue weighted by atomic mass is 32.2. The van der Waals surface area contributed by atoms with Crippen LogP contribution < -0.4 is 5.32 Å². The third-order valence-corrected chi connectivity index (χ3v) is 5.88. The van der Waals surface area contributed by atoms with Crippen LogP contribution in [0.1, 0.15) is 38.2 Å². The number of nitrogens with one attached hydrogen (secondary N) is 1. The van der Waals surface area contributed by atoms with Crippen LogP contribution in [0.4, 0.5) is 5.69 Å². The SMILES string of the molecule is CCSc1cccc(NC2CCC(SC)CC2)c1C#N. The molecule has 0 aromatic heterocycles. The molecule has 1 aliphatic carbocycles. The third-order valence-electron chi connectivity index (χ3n) is 3.81. The largest absolute Gasteiger partial charge is 0.381 e. The van der Waals surface area contributed by atoms with Crippen LogP contribution in [0.25, 0.3) is 0 Å². The fourth-order valence-electron chi connectivity index (χ4n) is 2.71. The van der Waals surface area contributed by atoms with Crippen LogP contribution in [0, 0.1) is 11.3 Å². The number of nitrogens with zero attached hydrogens (tertiary/aromatic N) is 1. The van der Waals surface area contributed by atoms with Crippen LogP contribution in [0.2, 0.25) is 0 Å². The summed E-state index contributed by atoms with van der Waals surface area (Å²) in [5.41, 5.74) is 1.82. The third kappa shape index (κ3) is 3.86. The van der Waals surface area contributed by atoms with Gasteiger partial charge in [-0.3, -0.25) is 0 Å². The molecule has 1 aromatic rings. The van der Waals surface area contributed by atoms with Crippen LogP contribution in [0.15, 0.2) is 23.1 Å². The van der Waals surface area contributed by atoms with Gasteiger partial charge in [-0.25, -0.2) is 0 Å². The lowest BCUT2D eigenvalue weighted by Gasteiger charge is -2.29. The molecule has 1 aliphatic rings. The number of benzene rings is 1. The van der Waals surface area contributed by atoms with Crippen molar-refractivity contribution in [1.82, 2.24) is 0 Å². The van der Waals surface area contributed by atoms with Crippen molar-refractivity contribution in [1.29, 1.82) is 5.26 Å². The van der Waals surface area contributed by atoms with E-state index < -0.39 is 0 Å². The Labute approximate surface area is 130 Å². The van der Waals surface area contributed by atoms with E-state index in [0.29, 0.717) is 6.04 Å². The number of hydrogen-bond acceptors (Lipinski definition) is 4. The average molecular weight is 307 g/mol. The molecular formula is C16H22N2S2. The van der Waals surface area contributed by atoms with Gasteiger partial charge in [0.25, 0.3) is 0 Å². The quantitative estimate of drug-likeness (QED) is 0.796. The first-order valence-electron chi connectivity index (χ1n) is 7.23. The Hall–Kier alpha value is -0.790. The van der Waals surface area contributed by atoms with E-state index in [1.165, 1.54) is 25.7 Å². The van der Waals surface area contributed by atoms with Crippen LogP contribution in [-0.2, 0) is 0 Å². The summed E-state index contributed by atoms with van der Waals surface area (Å²) < 4.78 is 0. The first kappa shape index (κ1) is 15.6. The minimum Gasteiger partial charge on any atom is -0.381 e. The Morgan fingerprint density at radius 3 is 2.65 bits per heavy atom. The molecule has 108 valence electrons. The molecule has 0 atom stereocenters.